The monoisotopic (exact) mass is 500 g/mol. The van der Waals surface area contributed by atoms with Gasteiger partial charge in [-0.25, -0.2) is 4.39 Å². The minimum Gasteiger partial charge on any atom is -0.490 e. The molecular weight excluding hydrogens is 475 g/mol. The Bertz CT molecular complexity index is 814. The Morgan fingerprint density at radius 1 is 1.20 bits per heavy atom. The first-order valence-electron chi connectivity index (χ1n) is 10.1. The highest BCUT2D eigenvalue weighted by molar-refractivity contribution is 9.10. The average molecular weight is 502 g/mol. The first-order chi connectivity index (χ1) is 14.6. The first kappa shape index (κ1) is 23.3. The van der Waals surface area contributed by atoms with Gasteiger partial charge >= 0.3 is 0 Å². The topological polar surface area (TPSA) is 43.0 Å². The van der Waals surface area contributed by atoms with Gasteiger partial charge < -0.3 is 19.5 Å². The lowest BCUT2D eigenvalue weighted by atomic mass is 10.2. The van der Waals surface area contributed by atoms with Crippen molar-refractivity contribution in [2.45, 2.75) is 20.1 Å². The molecule has 1 aliphatic rings. The summed E-state index contributed by atoms with van der Waals surface area (Å²) in [6.07, 6.45) is 0. The molecule has 0 radical (unpaired) electrons. The van der Waals surface area contributed by atoms with Crippen LogP contribution >= 0.6 is 27.5 Å². The summed E-state index contributed by atoms with van der Waals surface area (Å²) in [5.41, 5.74) is 1.39. The SMILES string of the molecule is CCOc1cc(CNCCN2CCOCC2)c(Br)cc1OCc1c(F)cccc1Cl. The van der Waals surface area contributed by atoms with Gasteiger partial charge in [0.2, 0.25) is 0 Å². The number of nitrogens with zero attached hydrogens (tertiary/aromatic N) is 1. The molecule has 8 heteroatoms. The summed E-state index contributed by atoms with van der Waals surface area (Å²) in [6, 6.07) is 8.40. The lowest BCUT2D eigenvalue weighted by molar-refractivity contribution is 0.0384. The van der Waals surface area contributed by atoms with Gasteiger partial charge in [0, 0.05) is 42.8 Å². The van der Waals surface area contributed by atoms with Crippen molar-refractivity contribution < 1.29 is 18.6 Å². The highest BCUT2D eigenvalue weighted by atomic mass is 79.9. The molecule has 1 saturated heterocycles. The number of hydrogen-bond donors (Lipinski definition) is 1. The van der Waals surface area contributed by atoms with E-state index in [4.69, 9.17) is 25.8 Å². The molecule has 1 fully saturated rings. The van der Waals surface area contributed by atoms with Crippen molar-refractivity contribution in [3.63, 3.8) is 0 Å². The van der Waals surface area contributed by atoms with Crippen molar-refractivity contribution in [2.75, 3.05) is 46.0 Å². The van der Waals surface area contributed by atoms with E-state index in [2.05, 4.69) is 26.1 Å². The molecule has 164 valence electrons. The van der Waals surface area contributed by atoms with Gasteiger partial charge in [0.1, 0.15) is 12.4 Å². The van der Waals surface area contributed by atoms with Crippen LogP contribution in [0.3, 0.4) is 0 Å². The lowest BCUT2D eigenvalue weighted by Gasteiger charge is -2.26. The van der Waals surface area contributed by atoms with Crippen LogP contribution in [0.25, 0.3) is 0 Å². The summed E-state index contributed by atoms with van der Waals surface area (Å²) in [7, 11) is 0. The molecule has 1 N–H and O–H groups in total. The Morgan fingerprint density at radius 2 is 1.97 bits per heavy atom. The normalized spacial score (nSPS) is 14.7. The van der Waals surface area contributed by atoms with Gasteiger partial charge in [-0.15, -0.1) is 0 Å². The van der Waals surface area contributed by atoms with E-state index in [1.807, 2.05) is 19.1 Å². The maximum absolute atomic E-state index is 14.0. The van der Waals surface area contributed by atoms with Crippen molar-refractivity contribution in [3.8, 4) is 11.5 Å². The van der Waals surface area contributed by atoms with Crippen LogP contribution in [0.2, 0.25) is 5.02 Å². The first-order valence-corrected chi connectivity index (χ1v) is 11.3. The molecule has 1 aliphatic heterocycles. The molecule has 0 unspecified atom stereocenters. The van der Waals surface area contributed by atoms with Crippen LogP contribution in [0.15, 0.2) is 34.8 Å². The fourth-order valence-electron chi connectivity index (χ4n) is 3.20. The molecule has 5 nitrogen and oxygen atoms in total. The second-order valence-corrected chi connectivity index (χ2v) is 8.20. The van der Waals surface area contributed by atoms with E-state index in [0.29, 0.717) is 35.2 Å². The van der Waals surface area contributed by atoms with Crippen LogP contribution in [0, 0.1) is 5.82 Å². The summed E-state index contributed by atoms with van der Waals surface area (Å²) in [5, 5.41) is 3.82. The van der Waals surface area contributed by atoms with Crippen LogP contribution in [0.4, 0.5) is 4.39 Å². The molecule has 0 aliphatic carbocycles. The fourth-order valence-corrected chi connectivity index (χ4v) is 3.88. The Morgan fingerprint density at radius 3 is 2.70 bits per heavy atom. The third-order valence-corrected chi connectivity index (χ3v) is 5.96. The Kier molecular flexibility index (Phi) is 9.21. The van der Waals surface area contributed by atoms with E-state index in [1.54, 1.807) is 12.1 Å². The third-order valence-electron chi connectivity index (χ3n) is 4.87. The molecule has 2 aromatic rings. The molecule has 0 atom stereocenters. The molecular formula is C22H27BrClFN2O3. The Balaban J connectivity index is 1.61. The van der Waals surface area contributed by atoms with Crippen molar-refractivity contribution in [3.05, 3.63) is 56.8 Å². The molecule has 2 aromatic carbocycles. The van der Waals surface area contributed by atoms with Crippen LogP contribution in [-0.2, 0) is 17.9 Å². The van der Waals surface area contributed by atoms with Gasteiger partial charge in [0.05, 0.1) is 24.8 Å². The number of rotatable bonds is 10. The minimum atomic E-state index is -0.388. The zero-order chi connectivity index (χ0) is 21.3. The molecule has 30 heavy (non-hydrogen) atoms. The largest absolute Gasteiger partial charge is 0.490 e. The van der Waals surface area contributed by atoms with Crippen molar-refractivity contribution in [1.82, 2.24) is 10.2 Å². The van der Waals surface area contributed by atoms with Gasteiger partial charge in [-0.1, -0.05) is 33.6 Å². The molecule has 0 spiro atoms. The van der Waals surface area contributed by atoms with E-state index in [1.165, 1.54) is 6.07 Å². The minimum absolute atomic E-state index is 0.0230. The van der Waals surface area contributed by atoms with Crippen LogP contribution in [0.5, 0.6) is 11.5 Å². The number of benzene rings is 2. The summed E-state index contributed by atoms with van der Waals surface area (Å²) in [6.45, 7) is 8.60. The maximum atomic E-state index is 14.0. The number of morpholine rings is 1. The smallest absolute Gasteiger partial charge is 0.162 e. The summed E-state index contributed by atoms with van der Waals surface area (Å²) in [4.78, 5) is 2.39. The second-order valence-electron chi connectivity index (χ2n) is 6.94. The Labute approximate surface area is 190 Å². The van der Waals surface area contributed by atoms with Gasteiger partial charge in [-0.2, -0.15) is 0 Å². The highest BCUT2D eigenvalue weighted by Gasteiger charge is 2.14. The fraction of sp³-hybridized carbons (Fsp3) is 0.455. The van der Waals surface area contributed by atoms with Crippen molar-refractivity contribution in [1.29, 1.82) is 0 Å². The quantitative estimate of drug-likeness (QED) is 0.481. The van der Waals surface area contributed by atoms with Gasteiger partial charge in [0.25, 0.3) is 0 Å². The standard InChI is InChI=1S/C22H27BrClFN2O3/c1-2-29-21-12-16(14-26-6-7-27-8-10-28-11-9-27)18(23)13-22(21)30-15-17-19(24)4-3-5-20(17)25/h3-5,12-13,26H,2,6-11,14-15H2,1H3. The second kappa shape index (κ2) is 11.9. The summed E-state index contributed by atoms with van der Waals surface area (Å²) in [5.74, 6) is 0.777. The average Bonchev–Trinajstić information content (AvgIpc) is 2.74. The maximum Gasteiger partial charge on any atom is 0.162 e. The number of nitrogens with one attached hydrogen (secondary N) is 1. The third kappa shape index (κ3) is 6.56. The molecule has 0 saturated carbocycles. The van der Waals surface area contributed by atoms with E-state index in [9.17, 15) is 4.39 Å². The van der Waals surface area contributed by atoms with E-state index >= 15 is 0 Å². The Hall–Kier alpha value is -1.38. The lowest BCUT2D eigenvalue weighted by Crippen LogP contribution is -2.40. The van der Waals surface area contributed by atoms with Gasteiger partial charge in [-0.3, -0.25) is 4.90 Å². The van der Waals surface area contributed by atoms with E-state index in [-0.39, 0.29) is 12.4 Å². The number of hydrogen-bond acceptors (Lipinski definition) is 5. The number of ether oxygens (including phenoxy) is 3. The van der Waals surface area contributed by atoms with Gasteiger partial charge in [-0.05, 0) is 36.8 Å². The molecule has 0 bridgehead atoms. The number of halogens is 3. The molecule has 1 heterocycles. The highest BCUT2D eigenvalue weighted by Crippen LogP contribution is 2.35. The van der Waals surface area contributed by atoms with Crippen LogP contribution in [-0.4, -0.2) is 50.9 Å². The zero-order valence-corrected chi connectivity index (χ0v) is 19.4. The van der Waals surface area contributed by atoms with E-state index < -0.39 is 0 Å². The summed E-state index contributed by atoms with van der Waals surface area (Å²) >= 11 is 9.71. The van der Waals surface area contributed by atoms with Crippen LogP contribution < -0.4 is 14.8 Å². The van der Waals surface area contributed by atoms with Crippen molar-refractivity contribution >= 4 is 27.5 Å². The van der Waals surface area contributed by atoms with Crippen molar-refractivity contribution in [2.24, 2.45) is 0 Å². The van der Waals surface area contributed by atoms with Crippen LogP contribution in [0.1, 0.15) is 18.1 Å². The molecule has 0 aromatic heterocycles. The molecule has 0 amide bonds. The predicted molar refractivity (Wildman–Crippen MR) is 120 cm³/mol. The van der Waals surface area contributed by atoms with E-state index in [0.717, 1.165) is 49.4 Å². The zero-order valence-electron chi connectivity index (χ0n) is 17.1. The van der Waals surface area contributed by atoms with Gasteiger partial charge in [0.15, 0.2) is 11.5 Å². The molecule has 3 rings (SSSR count). The summed E-state index contributed by atoms with van der Waals surface area (Å²) < 4.78 is 31.9. The predicted octanol–water partition coefficient (Wildman–Crippen LogP) is 4.64.